The van der Waals surface area contributed by atoms with Gasteiger partial charge in [-0.25, -0.2) is 4.98 Å². The summed E-state index contributed by atoms with van der Waals surface area (Å²) in [6.45, 7) is 3.21. The highest BCUT2D eigenvalue weighted by Crippen LogP contribution is 2.40. The van der Waals surface area contributed by atoms with E-state index in [1.165, 1.54) is 25.3 Å². The van der Waals surface area contributed by atoms with Gasteiger partial charge >= 0.3 is 6.18 Å². The highest BCUT2D eigenvalue weighted by Gasteiger charge is 2.36. The van der Waals surface area contributed by atoms with Gasteiger partial charge in [0.05, 0.1) is 40.6 Å². The Morgan fingerprint density at radius 1 is 1.34 bits per heavy atom. The van der Waals surface area contributed by atoms with E-state index in [0.717, 1.165) is 24.0 Å². The van der Waals surface area contributed by atoms with E-state index < -0.39 is 17.6 Å². The molecule has 0 radical (unpaired) electrons. The predicted molar refractivity (Wildman–Crippen MR) is 116 cm³/mol. The maximum atomic E-state index is 13.8. The van der Waals surface area contributed by atoms with Gasteiger partial charge in [0.15, 0.2) is 0 Å². The Kier molecular flexibility index (Phi) is 6.89. The van der Waals surface area contributed by atoms with Gasteiger partial charge in [-0.05, 0) is 24.8 Å². The molecular weight excluding hydrogens is 445 g/mol. The topological polar surface area (TPSA) is 77.9 Å². The maximum absolute atomic E-state index is 13.8. The van der Waals surface area contributed by atoms with Crippen LogP contribution in [0.15, 0.2) is 11.4 Å². The van der Waals surface area contributed by atoms with Gasteiger partial charge in [-0.3, -0.25) is 9.69 Å². The molecule has 3 heterocycles. The third-order valence-corrected chi connectivity index (χ3v) is 7.01. The van der Waals surface area contributed by atoms with Crippen LogP contribution in [0.3, 0.4) is 0 Å². The molecule has 1 saturated heterocycles. The molecular formula is C21H27F3N4O3S. The third-order valence-electron chi connectivity index (χ3n) is 6.01. The van der Waals surface area contributed by atoms with E-state index in [-0.39, 0.29) is 34.2 Å². The molecule has 1 saturated carbocycles. The zero-order valence-corrected chi connectivity index (χ0v) is 18.6. The molecule has 1 aliphatic carbocycles. The first-order valence-electron chi connectivity index (χ1n) is 10.7. The van der Waals surface area contributed by atoms with Gasteiger partial charge in [0, 0.05) is 45.2 Å². The number of ether oxygens (including phenoxy) is 1. The number of hydrogen-bond donors (Lipinski definition) is 2. The number of nitrogens with zero attached hydrogens (tertiary/aromatic N) is 3. The SMILES string of the molecule is CNC(=O)c1csc2c(C(F)(F)F)cc(N3CCN(C(CO)COCC4CC4)CC3)nc12. The number of amides is 1. The van der Waals surface area contributed by atoms with Crippen LogP contribution in [-0.4, -0.2) is 80.0 Å². The maximum Gasteiger partial charge on any atom is 0.417 e. The molecule has 1 unspecified atom stereocenters. The summed E-state index contributed by atoms with van der Waals surface area (Å²) in [6.07, 6.45) is -2.15. The minimum absolute atomic E-state index is 0.0303. The first-order chi connectivity index (χ1) is 15.3. The minimum atomic E-state index is -4.55. The molecule has 0 spiro atoms. The van der Waals surface area contributed by atoms with Crippen molar-refractivity contribution in [3.8, 4) is 0 Å². The monoisotopic (exact) mass is 472 g/mol. The van der Waals surface area contributed by atoms with Crippen LogP contribution in [-0.2, 0) is 10.9 Å². The number of hydrogen-bond acceptors (Lipinski definition) is 7. The molecule has 0 bridgehead atoms. The fourth-order valence-corrected chi connectivity index (χ4v) is 4.93. The number of thiophene rings is 1. The molecule has 1 aliphatic heterocycles. The van der Waals surface area contributed by atoms with E-state index in [2.05, 4.69) is 15.2 Å². The molecule has 176 valence electrons. The van der Waals surface area contributed by atoms with E-state index >= 15 is 0 Å². The fraction of sp³-hybridized carbons (Fsp3) is 0.619. The highest BCUT2D eigenvalue weighted by molar-refractivity contribution is 7.17. The molecule has 7 nitrogen and oxygen atoms in total. The first-order valence-corrected chi connectivity index (χ1v) is 11.6. The van der Waals surface area contributed by atoms with Crippen LogP contribution in [0, 0.1) is 5.92 Å². The number of fused-ring (bicyclic) bond motifs is 1. The lowest BCUT2D eigenvalue weighted by Gasteiger charge is -2.39. The standard InChI is InChI=1S/C21H27F3N4O3S/c1-25-20(30)15-12-32-19-16(21(22,23)24)8-17(26-18(15)19)28-6-4-27(5-7-28)14(9-29)11-31-10-13-2-3-13/h8,12-14,29H,2-7,9-11H2,1H3,(H,25,30). The van der Waals surface area contributed by atoms with Gasteiger partial charge in [0.25, 0.3) is 5.91 Å². The summed E-state index contributed by atoms with van der Waals surface area (Å²) in [4.78, 5) is 20.5. The normalized spacial score (nSPS) is 18.8. The van der Waals surface area contributed by atoms with Crippen LogP contribution in [0.4, 0.5) is 19.0 Å². The summed E-state index contributed by atoms with van der Waals surface area (Å²) in [5.41, 5.74) is -0.559. The van der Waals surface area contributed by atoms with Crippen molar-refractivity contribution in [3.63, 3.8) is 0 Å². The number of pyridine rings is 1. The van der Waals surface area contributed by atoms with Crippen molar-refractivity contribution >= 4 is 33.3 Å². The molecule has 1 atom stereocenters. The van der Waals surface area contributed by atoms with Crippen molar-refractivity contribution in [3.05, 3.63) is 22.6 Å². The van der Waals surface area contributed by atoms with Crippen molar-refractivity contribution in [2.24, 2.45) is 5.92 Å². The Morgan fingerprint density at radius 2 is 2.06 bits per heavy atom. The van der Waals surface area contributed by atoms with Crippen LogP contribution in [0.5, 0.6) is 0 Å². The highest BCUT2D eigenvalue weighted by atomic mass is 32.1. The number of aliphatic hydroxyl groups excluding tert-OH is 1. The molecule has 0 aromatic carbocycles. The number of nitrogens with one attached hydrogen (secondary N) is 1. The van der Waals surface area contributed by atoms with E-state index in [1.54, 1.807) is 4.90 Å². The second-order valence-electron chi connectivity index (χ2n) is 8.27. The fourth-order valence-electron chi connectivity index (χ4n) is 3.91. The second-order valence-corrected chi connectivity index (χ2v) is 9.15. The smallest absolute Gasteiger partial charge is 0.395 e. The molecule has 2 aliphatic rings. The summed E-state index contributed by atoms with van der Waals surface area (Å²) in [5, 5.41) is 13.6. The first kappa shape index (κ1) is 23.2. The van der Waals surface area contributed by atoms with Crippen molar-refractivity contribution in [2.75, 3.05) is 57.9 Å². The lowest BCUT2D eigenvalue weighted by molar-refractivity contribution is -0.136. The molecule has 2 fully saturated rings. The molecule has 2 N–H and O–H groups in total. The predicted octanol–water partition coefficient (Wildman–Crippen LogP) is 2.58. The molecule has 32 heavy (non-hydrogen) atoms. The second kappa shape index (κ2) is 9.50. The summed E-state index contributed by atoms with van der Waals surface area (Å²) in [5.74, 6) is 0.390. The van der Waals surface area contributed by atoms with Gasteiger partial charge < -0.3 is 20.1 Å². The summed E-state index contributed by atoms with van der Waals surface area (Å²) in [7, 11) is 1.44. The summed E-state index contributed by atoms with van der Waals surface area (Å²) >= 11 is 0.876. The van der Waals surface area contributed by atoms with E-state index in [1.807, 2.05) is 0 Å². The van der Waals surface area contributed by atoms with Gasteiger partial charge in [0.1, 0.15) is 5.82 Å². The number of rotatable bonds is 8. The number of carbonyl (C=O) groups is 1. The quantitative estimate of drug-likeness (QED) is 0.615. The van der Waals surface area contributed by atoms with Crippen LogP contribution in [0.25, 0.3) is 10.2 Å². The van der Waals surface area contributed by atoms with E-state index in [0.29, 0.717) is 38.7 Å². The number of alkyl halides is 3. The Hall–Kier alpha value is -1.95. The molecule has 2 aromatic heterocycles. The van der Waals surface area contributed by atoms with Crippen molar-refractivity contribution in [1.29, 1.82) is 0 Å². The lowest BCUT2D eigenvalue weighted by Crippen LogP contribution is -2.53. The Labute approximate surface area is 188 Å². The van der Waals surface area contributed by atoms with Gasteiger partial charge in [0.2, 0.25) is 0 Å². The number of carbonyl (C=O) groups excluding carboxylic acids is 1. The summed E-state index contributed by atoms with van der Waals surface area (Å²) < 4.78 is 47.0. The van der Waals surface area contributed by atoms with E-state index in [4.69, 9.17) is 4.74 Å². The Morgan fingerprint density at radius 3 is 2.66 bits per heavy atom. The van der Waals surface area contributed by atoms with Crippen molar-refractivity contribution < 1.29 is 27.8 Å². The lowest BCUT2D eigenvalue weighted by atomic mass is 10.1. The molecule has 1 amide bonds. The number of halogens is 3. The average Bonchev–Trinajstić information content (AvgIpc) is 3.51. The van der Waals surface area contributed by atoms with Gasteiger partial charge in [-0.15, -0.1) is 11.3 Å². The largest absolute Gasteiger partial charge is 0.417 e. The van der Waals surface area contributed by atoms with Crippen LogP contribution < -0.4 is 10.2 Å². The Balaban J connectivity index is 1.51. The molecule has 4 rings (SSSR count). The van der Waals surface area contributed by atoms with Crippen LogP contribution >= 0.6 is 11.3 Å². The number of piperazine rings is 1. The zero-order valence-electron chi connectivity index (χ0n) is 17.8. The number of anilines is 1. The Bertz CT molecular complexity index is 956. The molecule has 11 heteroatoms. The van der Waals surface area contributed by atoms with Crippen molar-refractivity contribution in [1.82, 2.24) is 15.2 Å². The average molecular weight is 473 g/mol. The number of aliphatic hydroxyl groups is 1. The molecule has 2 aromatic rings. The summed E-state index contributed by atoms with van der Waals surface area (Å²) in [6, 6.07) is 0.943. The van der Waals surface area contributed by atoms with E-state index in [9.17, 15) is 23.1 Å². The number of aromatic nitrogens is 1. The van der Waals surface area contributed by atoms with Crippen LogP contribution in [0.1, 0.15) is 28.8 Å². The zero-order chi connectivity index (χ0) is 22.9. The van der Waals surface area contributed by atoms with Crippen molar-refractivity contribution in [2.45, 2.75) is 25.1 Å². The van der Waals surface area contributed by atoms with Gasteiger partial charge in [-0.1, -0.05) is 0 Å². The third kappa shape index (κ3) is 5.00. The minimum Gasteiger partial charge on any atom is -0.395 e. The van der Waals surface area contributed by atoms with Crippen LogP contribution in [0.2, 0.25) is 0 Å². The van der Waals surface area contributed by atoms with Gasteiger partial charge in [-0.2, -0.15) is 13.2 Å².